The molecule has 142 valence electrons. The summed E-state index contributed by atoms with van der Waals surface area (Å²) in [4.78, 5) is 27.0. The minimum Gasteiger partial charge on any atom is -0.349 e. The lowest BCUT2D eigenvalue weighted by atomic mass is 9.89. The fraction of sp³-hybridized carbons (Fsp3) is 0.636. The van der Waals surface area contributed by atoms with Crippen molar-refractivity contribution < 1.29 is 9.59 Å². The average molecular weight is 357 g/mol. The second-order valence-corrected chi connectivity index (χ2v) is 8.20. The highest BCUT2D eigenvalue weighted by Crippen LogP contribution is 2.36. The smallest absolute Gasteiger partial charge is 0.225 e. The molecule has 0 radical (unpaired) electrons. The largest absolute Gasteiger partial charge is 0.349 e. The number of hydrogen-bond acceptors (Lipinski definition) is 2. The minimum atomic E-state index is 0.0267. The Bertz CT molecular complexity index is 600. The first kappa shape index (κ1) is 18.9. The quantitative estimate of drug-likeness (QED) is 0.869. The molecular weight excluding hydrogens is 324 g/mol. The van der Waals surface area contributed by atoms with E-state index in [1.54, 1.807) is 0 Å². The maximum atomic E-state index is 12.9. The van der Waals surface area contributed by atoms with Gasteiger partial charge >= 0.3 is 0 Å². The predicted molar refractivity (Wildman–Crippen MR) is 103 cm³/mol. The molecule has 4 heteroatoms. The Hall–Kier alpha value is -1.84. The SMILES string of the molecule is CC(C)C(=O)N1CCC(C(=O)NC(c2ccccc2)C2CCCC2)CC1. The van der Waals surface area contributed by atoms with Crippen LogP contribution in [0, 0.1) is 17.8 Å². The number of amides is 2. The topological polar surface area (TPSA) is 49.4 Å². The molecule has 2 fully saturated rings. The number of benzene rings is 1. The molecule has 4 nitrogen and oxygen atoms in total. The zero-order chi connectivity index (χ0) is 18.5. The monoisotopic (exact) mass is 356 g/mol. The molecule has 1 N–H and O–H groups in total. The minimum absolute atomic E-state index is 0.0267. The van der Waals surface area contributed by atoms with Gasteiger partial charge in [0.05, 0.1) is 6.04 Å². The van der Waals surface area contributed by atoms with Crippen LogP contribution in [-0.4, -0.2) is 29.8 Å². The molecule has 1 saturated carbocycles. The van der Waals surface area contributed by atoms with Gasteiger partial charge in [-0.2, -0.15) is 0 Å². The zero-order valence-corrected chi connectivity index (χ0v) is 16.1. The highest BCUT2D eigenvalue weighted by atomic mass is 16.2. The van der Waals surface area contributed by atoms with Gasteiger partial charge in [-0.25, -0.2) is 0 Å². The maximum absolute atomic E-state index is 12.9. The van der Waals surface area contributed by atoms with E-state index in [-0.39, 0.29) is 29.7 Å². The molecule has 1 unspecified atom stereocenters. The standard InChI is InChI=1S/C22H32N2O2/c1-16(2)22(26)24-14-12-19(13-15-24)21(25)23-20(18-10-6-7-11-18)17-8-4-3-5-9-17/h3-5,8-9,16,18-20H,6-7,10-15H2,1-2H3,(H,23,25). The van der Waals surface area contributed by atoms with Gasteiger partial charge in [-0.15, -0.1) is 0 Å². The Morgan fingerprint density at radius 2 is 1.62 bits per heavy atom. The molecule has 1 aliphatic carbocycles. The first-order valence-electron chi connectivity index (χ1n) is 10.2. The van der Waals surface area contributed by atoms with Gasteiger partial charge in [0.25, 0.3) is 0 Å². The van der Waals surface area contributed by atoms with Crippen LogP contribution in [0.3, 0.4) is 0 Å². The van der Waals surface area contributed by atoms with Crippen LogP contribution < -0.4 is 5.32 Å². The number of nitrogens with zero attached hydrogens (tertiary/aromatic N) is 1. The summed E-state index contributed by atoms with van der Waals surface area (Å²) in [6.07, 6.45) is 6.47. The molecule has 3 rings (SSSR count). The lowest BCUT2D eigenvalue weighted by Crippen LogP contribution is -2.45. The molecule has 2 amide bonds. The van der Waals surface area contributed by atoms with Gasteiger partial charge in [0, 0.05) is 24.9 Å². The van der Waals surface area contributed by atoms with Crippen LogP contribution in [0.4, 0.5) is 0 Å². The molecule has 1 atom stereocenters. The summed E-state index contributed by atoms with van der Waals surface area (Å²) >= 11 is 0. The molecule has 1 heterocycles. The van der Waals surface area contributed by atoms with Gasteiger partial charge in [0.15, 0.2) is 0 Å². The number of nitrogens with one attached hydrogen (secondary N) is 1. The van der Waals surface area contributed by atoms with E-state index in [4.69, 9.17) is 0 Å². The van der Waals surface area contributed by atoms with E-state index in [1.165, 1.54) is 31.2 Å². The van der Waals surface area contributed by atoms with Gasteiger partial charge in [-0.05, 0) is 37.2 Å². The molecule has 1 aromatic rings. The van der Waals surface area contributed by atoms with Crippen molar-refractivity contribution in [2.75, 3.05) is 13.1 Å². The number of carbonyl (C=O) groups excluding carboxylic acids is 2. The second kappa shape index (κ2) is 8.70. The molecule has 26 heavy (non-hydrogen) atoms. The molecule has 0 spiro atoms. The van der Waals surface area contributed by atoms with Crippen molar-refractivity contribution in [3.8, 4) is 0 Å². The first-order valence-corrected chi connectivity index (χ1v) is 10.2. The molecular formula is C22H32N2O2. The van der Waals surface area contributed by atoms with Gasteiger partial charge in [-0.3, -0.25) is 9.59 Å². The summed E-state index contributed by atoms with van der Waals surface area (Å²) in [5.74, 6) is 0.979. The summed E-state index contributed by atoms with van der Waals surface area (Å²) in [6.45, 7) is 5.28. The Kier molecular flexibility index (Phi) is 6.33. The molecule has 2 aliphatic rings. The highest BCUT2D eigenvalue weighted by Gasteiger charge is 2.32. The van der Waals surface area contributed by atoms with Crippen LogP contribution in [0.15, 0.2) is 30.3 Å². The summed E-state index contributed by atoms with van der Waals surface area (Å²) in [5, 5.41) is 3.37. The lowest BCUT2D eigenvalue weighted by molar-refractivity contribution is -0.138. The highest BCUT2D eigenvalue weighted by molar-refractivity contribution is 5.81. The molecule has 1 saturated heterocycles. The summed E-state index contributed by atoms with van der Waals surface area (Å²) in [6, 6.07) is 10.5. The summed E-state index contributed by atoms with van der Waals surface area (Å²) in [7, 11) is 0. The average Bonchev–Trinajstić information content (AvgIpc) is 3.20. The zero-order valence-electron chi connectivity index (χ0n) is 16.1. The van der Waals surface area contributed by atoms with E-state index >= 15 is 0 Å². The second-order valence-electron chi connectivity index (χ2n) is 8.20. The Morgan fingerprint density at radius 3 is 2.19 bits per heavy atom. The summed E-state index contributed by atoms with van der Waals surface area (Å²) in [5.41, 5.74) is 1.22. The van der Waals surface area contributed by atoms with Crippen molar-refractivity contribution in [1.29, 1.82) is 0 Å². The first-order chi connectivity index (χ1) is 12.6. The fourth-order valence-corrected chi connectivity index (χ4v) is 4.42. The van der Waals surface area contributed by atoms with Crippen LogP contribution >= 0.6 is 0 Å². The van der Waals surface area contributed by atoms with Crippen molar-refractivity contribution in [2.24, 2.45) is 17.8 Å². The van der Waals surface area contributed by atoms with Gasteiger partial charge in [0.2, 0.25) is 11.8 Å². The lowest BCUT2D eigenvalue weighted by Gasteiger charge is -2.34. The van der Waals surface area contributed by atoms with Crippen molar-refractivity contribution in [1.82, 2.24) is 10.2 Å². The molecule has 0 bridgehead atoms. The third-order valence-electron chi connectivity index (χ3n) is 6.00. The van der Waals surface area contributed by atoms with E-state index in [1.807, 2.05) is 24.8 Å². The Balaban J connectivity index is 1.61. The van der Waals surface area contributed by atoms with Crippen LogP contribution in [-0.2, 0) is 9.59 Å². The van der Waals surface area contributed by atoms with Crippen molar-refractivity contribution in [3.63, 3.8) is 0 Å². The van der Waals surface area contributed by atoms with Crippen LogP contribution in [0.25, 0.3) is 0 Å². The van der Waals surface area contributed by atoms with Crippen molar-refractivity contribution >= 4 is 11.8 Å². The number of carbonyl (C=O) groups is 2. The predicted octanol–water partition coefficient (Wildman–Crippen LogP) is 3.93. The van der Waals surface area contributed by atoms with E-state index in [9.17, 15) is 9.59 Å². The van der Waals surface area contributed by atoms with Gasteiger partial charge in [0.1, 0.15) is 0 Å². The van der Waals surface area contributed by atoms with E-state index < -0.39 is 0 Å². The normalized spacial score (nSPS) is 20.3. The van der Waals surface area contributed by atoms with Gasteiger partial charge in [-0.1, -0.05) is 57.0 Å². The number of hydrogen-bond donors (Lipinski definition) is 1. The maximum Gasteiger partial charge on any atom is 0.225 e. The number of likely N-dealkylation sites (tertiary alicyclic amines) is 1. The molecule has 1 aliphatic heterocycles. The Labute approximate surface area is 157 Å². The van der Waals surface area contributed by atoms with Gasteiger partial charge < -0.3 is 10.2 Å². The van der Waals surface area contributed by atoms with Crippen LogP contribution in [0.1, 0.15) is 64.0 Å². The molecule has 1 aromatic carbocycles. The number of rotatable bonds is 5. The van der Waals surface area contributed by atoms with Crippen molar-refractivity contribution in [3.05, 3.63) is 35.9 Å². The molecule has 0 aromatic heterocycles. The fourth-order valence-electron chi connectivity index (χ4n) is 4.42. The van der Waals surface area contributed by atoms with E-state index in [0.29, 0.717) is 19.0 Å². The van der Waals surface area contributed by atoms with E-state index in [0.717, 1.165) is 12.8 Å². The number of piperidine rings is 1. The van der Waals surface area contributed by atoms with Crippen LogP contribution in [0.5, 0.6) is 0 Å². The van der Waals surface area contributed by atoms with Crippen LogP contribution in [0.2, 0.25) is 0 Å². The summed E-state index contributed by atoms with van der Waals surface area (Å²) < 4.78 is 0. The third-order valence-corrected chi connectivity index (χ3v) is 6.00. The van der Waals surface area contributed by atoms with E-state index in [2.05, 4.69) is 29.6 Å². The Morgan fingerprint density at radius 1 is 1.00 bits per heavy atom. The third kappa shape index (κ3) is 4.46. The van der Waals surface area contributed by atoms with Crippen molar-refractivity contribution in [2.45, 2.75) is 58.4 Å².